The van der Waals surface area contributed by atoms with E-state index in [9.17, 15) is 14.4 Å². The summed E-state index contributed by atoms with van der Waals surface area (Å²) in [5.41, 5.74) is -1.04. The molecule has 0 bridgehead atoms. The largest absolute Gasteiger partial charge is 0.466 e. The summed E-state index contributed by atoms with van der Waals surface area (Å²) in [7, 11) is 1.17. The van der Waals surface area contributed by atoms with E-state index in [1.165, 1.54) is 14.0 Å². The lowest BCUT2D eigenvalue weighted by molar-refractivity contribution is -0.151. The van der Waals surface area contributed by atoms with Crippen molar-refractivity contribution in [1.82, 2.24) is 0 Å². The molecule has 0 saturated heterocycles. The second-order valence-electron chi connectivity index (χ2n) is 5.88. The smallest absolute Gasteiger partial charge is 0.338 e. The zero-order valence-corrected chi connectivity index (χ0v) is 14.5. The van der Waals surface area contributed by atoms with Crippen LogP contribution in [-0.2, 0) is 34.0 Å². The predicted molar refractivity (Wildman–Crippen MR) is 90.4 cm³/mol. The quantitative estimate of drug-likeness (QED) is 0.792. The molecule has 3 rings (SSSR count). The monoisotopic (exact) mass is 358 g/mol. The van der Waals surface area contributed by atoms with Gasteiger partial charge in [-0.1, -0.05) is 18.2 Å². The maximum Gasteiger partial charge on any atom is 0.338 e. The van der Waals surface area contributed by atoms with Gasteiger partial charge >= 0.3 is 11.9 Å². The molecular weight excluding hydrogens is 340 g/mol. The third kappa shape index (κ3) is 2.22. The molecule has 2 aliphatic rings. The lowest BCUT2D eigenvalue weighted by Gasteiger charge is -2.39. The number of allylic oxidation sites excluding steroid dienone is 1. The molecule has 2 heterocycles. The first kappa shape index (κ1) is 17.7. The topological polar surface area (TPSA) is 115 Å². The van der Waals surface area contributed by atoms with Crippen LogP contribution < -0.4 is 5.32 Å². The number of nitrogens with one attached hydrogen (secondary N) is 2. The van der Waals surface area contributed by atoms with Crippen molar-refractivity contribution in [3.8, 4) is 0 Å². The minimum Gasteiger partial charge on any atom is -0.466 e. The molecule has 2 N–H and O–H groups in total. The number of ether oxygens (including phenoxy) is 3. The van der Waals surface area contributed by atoms with Crippen molar-refractivity contribution in [2.24, 2.45) is 5.92 Å². The van der Waals surface area contributed by atoms with Crippen LogP contribution in [-0.4, -0.2) is 37.5 Å². The second-order valence-corrected chi connectivity index (χ2v) is 5.88. The highest BCUT2D eigenvalue weighted by atomic mass is 16.5. The van der Waals surface area contributed by atoms with Crippen molar-refractivity contribution in [2.75, 3.05) is 19.0 Å². The molecule has 2 unspecified atom stereocenters. The molecule has 8 heteroatoms. The van der Waals surface area contributed by atoms with E-state index >= 15 is 0 Å². The maximum atomic E-state index is 13.1. The summed E-state index contributed by atoms with van der Waals surface area (Å²) in [5, 5.41) is 10.9. The molecule has 0 aromatic heterocycles. The molecule has 2 aliphatic heterocycles. The SMILES string of the molecule is CCOC(=O)C1C(=N)OC(C)=C(C(=O)OC)C12C(=O)Nc1ccccc12. The van der Waals surface area contributed by atoms with Crippen LogP contribution in [0.1, 0.15) is 19.4 Å². The molecule has 8 nitrogen and oxygen atoms in total. The molecule has 0 aliphatic carbocycles. The first-order valence-corrected chi connectivity index (χ1v) is 8.03. The van der Waals surface area contributed by atoms with Crippen LogP contribution in [0, 0.1) is 11.3 Å². The summed E-state index contributed by atoms with van der Waals surface area (Å²) in [6.07, 6.45) is 0. The van der Waals surface area contributed by atoms with Crippen molar-refractivity contribution >= 4 is 29.4 Å². The Morgan fingerprint density at radius 3 is 2.69 bits per heavy atom. The van der Waals surface area contributed by atoms with E-state index in [2.05, 4.69) is 5.32 Å². The third-order valence-corrected chi connectivity index (χ3v) is 4.57. The van der Waals surface area contributed by atoms with Crippen LogP contribution in [0.3, 0.4) is 0 Å². The van der Waals surface area contributed by atoms with Crippen LogP contribution in [0.25, 0.3) is 0 Å². The highest BCUT2D eigenvalue weighted by Gasteiger charge is 2.65. The van der Waals surface area contributed by atoms with E-state index in [1.54, 1.807) is 31.2 Å². The molecule has 0 saturated carbocycles. The van der Waals surface area contributed by atoms with Gasteiger partial charge in [0.15, 0.2) is 5.92 Å². The highest BCUT2D eigenvalue weighted by molar-refractivity contribution is 6.21. The van der Waals surface area contributed by atoms with Crippen LogP contribution >= 0.6 is 0 Å². The Labute approximate surface area is 149 Å². The van der Waals surface area contributed by atoms with Gasteiger partial charge in [-0.25, -0.2) is 4.79 Å². The number of rotatable bonds is 3. The van der Waals surface area contributed by atoms with E-state index in [4.69, 9.17) is 19.6 Å². The van der Waals surface area contributed by atoms with Crippen LogP contribution in [0.15, 0.2) is 35.6 Å². The van der Waals surface area contributed by atoms with Crippen molar-refractivity contribution in [3.05, 3.63) is 41.2 Å². The molecule has 0 fully saturated rings. The van der Waals surface area contributed by atoms with Gasteiger partial charge in [0.05, 0.1) is 19.3 Å². The molecule has 26 heavy (non-hydrogen) atoms. The minimum absolute atomic E-state index is 0.0363. The van der Waals surface area contributed by atoms with Crippen LogP contribution in [0.5, 0.6) is 0 Å². The number of hydrogen-bond donors (Lipinski definition) is 2. The number of carbonyl (C=O) groups excluding carboxylic acids is 3. The van der Waals surface area contributed by atoms with Gasteiger partial charge in [-0.3, -0.25) is 15.0 Å². The zero-order chi connectivity index (χ0) is 19.1. The van der Waals surface area contributed by atoms with Crippen LogP contribution in [0.2, 0.25) is 0 Å². The second kappa shape index (κ2) is 6.29. The van der Waals surface area contributed by atoms with Gasteiger partial charge in [0.25, 0.3) is 0 Å². The number of amides is 1. The van der Waals surface area contributed by atoms with Gasteiger partial charge < -0.3 is 19.5 Å². The first-order valence-electron chi connectivity index (χ1n) is 8.03. The summed E-state index contributed by atoms with van der Waals surface area (Å²) in [4.78, 5) is 38.4. The lowest BCUT2D eigenvalue weighted by atomic mass is 9.64. The average molecular weight is 358 g/mol. The molecule has 1 aromatic rings. The number of hydrogen-bond acceptors (Lipinski definition) is 7. The number of fused-ring (bicyclic) bond motifs is 2. The van der Waals surface area contributed by atoms with Crippen molar-refractivity contribution < 1.29 is 28.6 Å². The van der Waals surface area contributed by atoms with E-state index in [1.807, 2.05) is 0 Å². The Balaban J connectivity index is 2.38. The summed E-state index contributed by atoms with van der Waals surface area (Å²) in [5.74, 6) is -4.10. The Morgan fingerprint density at radius 2 is 2.04 bits per heavy atom. The van der Waals surface area contributed by atoms with Gasteiger partial charge in [0.2, 0.25) is 11.8 Å². The standard InChI is InChI=1S/C18H18N2O6/c1-4-25-16(22)13-14(19)26-9(2)12(15(21)24-3)18(13)10-7-5-6-8-11(10)20-17(18)23/h5-8,13,19H,4H2,1-3H3,(H,20,23). The fraction of sp³-hybridized carbons (Fsp3) is 0.333. The van der Waals surface area contributed by atoms with Gasteiger partial charge in [-0.2, -0.15) is 0 Å². The molecule has 2 atom stereocenters. The van der Waals surface area contributed by atoms with Gasteiger partial charge in [-0.15, -0.1) is 0 Å². The minimum atomic E-state index is -1.78. The molecule has 1 spiro atoms. The lowest BCUT2D eigenvalue weighted by Crippen LogP contribution is -2.55. The number of para-hydroxylation sites is 1. The normalized spacial score (nSPS) is 24.0. The van der Waals surface area contributed by atoms with Crippen molar-refractivity contribution in [3.63, 3.8) is 0 Å². The number of anilines is 1. The Bertz CT molecular complexity index is 859. The number of esters is 2. The average Bonchev–Trinajstić information content (AvgIpc) is 2.87. The van der Waals surface area contributed by atoms with Crippen LogP contribution in [0.4, 0.5) is 5.69 Å². The molecule has 1 amide bonds. The molecule has 136 valence electrons. The summed E-state index contributed by atoms with van der Waals surface area (Å²) in [6.45, 7) is 3.12. The Hall–Kier alpha value is -3.16. The van der Waals surface area contributed by atoms with Gasteiger partial charge in [-0.05, 0) is 25.5 Å². The molecular formula is C18H18N2O6. The number of carbonyl (C=O) groups is 3. The fourth-order valence-electron chi connectivity index (χ4n) is 3.62. The van der Waals surface area contributed by atoms with E-state index in [0.717, 1.165) is 0 Å². The molecule has 1 aromatic carbocycles. The summed E-state index contributed by atoms with van der Waals surface area (Å²) >= 11 is 0. The Kier molecular flexibility index (Phi) is 4.27. The van der Waals surface area contributed by atoms with E-state index in [0.29, 0.717) is 11.3 Å². The molecule has 0 radical (unpaired) electrons. The maximum absolute atomic E-state index is 13.1. The summed E-state index contributed by atoms with van der Waals surface area (Å²) < 4.78 is 15.3. The van der Waals surface area contributed by atoms with Gasteiger partial charge in [0.1, 0.15) is 11.2 Å². The van der Waals surface area contributed by atoms with Crippen molar-refractivity contribution in [1.29, 1.82) is 5.41 Å². The Morgan fingerprint density at radius 1 is 1.35 bits per heavy atom. The van der Waals surface area contributed by atoms with Crippen molar-refractivity contribution in [2.45, 2.75) is 19.3 Å². The van der Waals surface area contributed by atoms with Gasteiger partial charge in [0, 0.05) is 5.69 Å². The highest BCUT2D eigenvalue weighted by Crippen LogP contribution is 2.52. The fourth-order valence-corrected chi connectivity index (χ4v) is 3.62. The summed E-state index contributed by atoms with van der Waals surface area (Å²) in [6, 6.07) is 6.70. The first-order chi connectivity index (χ1) is 12.4. The zero-order valence-electron chi connectivity index (χ0n) is 14.5. The predicted octanol–water partition coefficient (Wildman–Crippen LogP) is 1.51. The van der Waals surface area contributed by atoms with E-state index in [-0.39, 0.29) is 17.9 Å². The number of methoxy groups -OCH3 is 1. The third-order valence-electron chi connectivity index (χ3n) is 4.57. The number of benzene rings is 1. The van der Waals surface area contributed by atoms with E-state index < -0.39 is 35.1 Å².